The topological polar surface area (TPSA) is 58.2 Å². The van der Waals surface area contributed by atoms with E-state index in [1.165, 1.54) is 33.7 Å². The Balaban J connectivity index is 1.83. The van der Waals surface area contributed by atoms with E-state index in [0.717, 1.165) is 0 Å². The van der Waals surface area contributed by atoms with E-state index < -0.39 is 10.5 Å². The first-order chi connectivity index (χ1) is 13.2. The Morgan fingerprint density at radius 2 is 1.14 bits per heavy atom. The third kappa shape index (κ3) is 6.24. The number of nitrogens with one attached hydrogen (secondary N) is 2. The SMILES string of the molecule is Cc1ccc(NC(=O)[C@H](C)SS[C@H](C)C(=O)Nc2ccc(C)c(F)c2)cc1F. The fourth-order valence-corrected chi connectivity index (χ4v) is 4.23. The summed E-state index contributed by atoms with van der Waals surface area (Å²) in [6, 6.07) is 9.01. The minimum atomic E-state index is -0.457. The largest absolute Gasteiger partial charge is 0.325 e. The summed E-state index contributed by atoms with van der Waals surface area (Å²) in [5.41, 5.74) is 1.78. The number of aryl methyl sites for hydroxylation is 2. The molecule has 150 valence electrons. The number of hydrogen-bond donors (Lipinski definition) is 2. The van der Waals surface area contributed by atoms with Gasteiger partial charge in [-0.15, -0.1) is 0 Å². The fraction of sp³-hybridized carbons (Fsp3) is 0.300. The van der Waals surface area contributed by atoms with Gasteiger partial charge in [-0.3, -0.25) is 9.59 Å². The minimum Gasteiger partial charge on any atom is -0.325 e. The zero-order chi connectivity index (χ0) is 20.8. The Morgan fingerprint density at radius 3 is 1.46 bits per heavy atom. The summed E-state index contributed by atoms with van der Waals surface area (Å²) >= 11 is 0. The Morgan fingerprint density at radius 1 is 0.786 bits per heavy atom. The Bertz CT molecular complexity index is 806. The molecule has 0 fully saturated rings. The smallest absolute Gasteiger partial charge is 0.238 e. The number of benzene rings is 2. The molecule has 0 saturated carbocycles. The first kappa shape index (κ1) is 22.2. The van der Waals surface area contributed by atoms with Crippen molar-refractivity contribution < 1.29 is 18.4 Å². The van der Waals surface area contributed by atoms with Crippen molar-refractivity contribution in [2.24, 2.45) is 0 Å². The zero-order valence-corrected chi connectivity index (χ0v) is 17.6. The third-order valence-electron chi connectivity index (χ3n) is 3.96. The first-order valence-electron chi connectivity index (χ1n) is 8.63. The van der Waals surface area contributed by atoms with Gasteiger partial charge in [0.25, 0.3) is 0 Å². The van der Waals surface area contributed by atoms with Gasteiger partial charge in [-0.1, -0.05) is 33.7 Å². The average molecular weight is 425 g/mol. The van der Waals surface area contributed by atoms with E-state index >= 15 is 0 Å². The molecule has 0 bridgehead atoms. The predicted molar refractivity (Wildman–Crippen MR) is 114 cm³/mol. The van der Waals surface area contributed by atoms with Crippen molar-refractivity contribution in [1.82, 2.24) is 0 Å². The van der Waals surface area contributed by atoms with Crippen LogP contribution in [0.2, 0.25) is 0 Å². The third-order valence-corrected chi connectivity index (χ3v) is 7.14. The van der Waals surface area contributed by atoms with Crippen molar-refractivity contribution in [2.45, 2.75) is 38.2 Å². The molecular weight excluding hydrogens is 402 g/mol. The standard InChI is InChI=1S/C20H22F2N2O2S2/c1-11-5-7-15(9-17(11)21)23-19(25)13(3)27-28-14(4)20(26)24-16-8-6-12(2)18(22)10-16/h5-10,13-14H,1-4H3,(H,23,25)(H,24,26)/t13-,14+. The molecule has 0 saturated heterocycles. The van der Waals surface area contributed by atoms with Crippen LogP contribution in [0.4, 0.5) is 20.2 Å². The highest BCUT2D eigenvalue weighted by Crippen LogP contribution is 2.32. The van der Waals surface area contributed by atoms with Crippen LogP contribution in [0, 0.1) is 25.5 Å². The van der Waals surface area contributed by atoms with Gasteiger partial charge in [-0.2, -0.15) is 0 Å². The highest BCUT2D eigenvalue weighted by Gasteiger charge is 2.20. The van der Waals surface area contributed by atoms with Crippen molar-refractivity contribution in [2.75, 3.05) is 10.6 Å². The van der Waals surface area contributed by atoms with E-state index in [1.807, 2.05) is 0 Å². The molecule has 2 N–H and O–H groups in total. The molecule has 0 radical (unpaired) electrons. The highest BCUT2D eigenvalue weighted by atomic mass is 33.1. The first-order valence-corrected chi connectivity index (χ1v) is 10.9. The van der Waals surface area contributed by atoms with Gasteiger partial charge in [0, 0.05) is 11.4 Å². The van der Waals surface area contributed by atoms with Crippen LogP contribution in [0.5, 0.6) is 0 Å². The van der Waals surface area contributed by atoms with Crippen molar-refractivity contribution in [3.8, 4) is 0 Å². The summed E-state index contributed by atoms with van der Waals surface area (Å²) in [5, 5.41) is 4.40. The van der Waals surface area contributed by atoms with Gasteiger partial charge < -0.3 is 10.6 Å². The second-order valence-corrected chi connectivity index (χ2v) is 9.34. The van der Waals surface area contributed by atoms with Gasteiger partial charge in [0.15, 0.2) is 0 Å². The van der Waals surface area contributed by atoms with Gasteiger partial charge >= 0.3 is 0 Å². The number of amides is 2. The molecule has 28 heavy (non-hydrogen) atoms. The lowest BCUT2D eigenvalue weighted by Crippen LogP contribution is -2.24. The van der Waals surface area contributed by atoms with Crippen LogP contribution < -0.4 is 10.6 Å². The van der Waals surface area contributed by atoms with E-state index in [2.05, 4.69) is 10.6 Å². The summed E-state index contributed by atoms with van der Waals surface area (Å²) in [6.45, 7) is 6.70. The van der Waals surface area contributed by atoms with Crippen molar-refractivity contribution in [3.63, 3.8) is 0 Å². The van der Waals surface area contributed by atoms with Crippen LogP contribution in [-0.2, 0) is 9.59 Å². The molecule has 8 heteroatoms. The monoisotopic (exact) mass is 424 g/mol. The van der Waals surface area contributed by atoms with Crippen molar-refractivity contribution in [1.29, 1.82) is 0 Å². The molecule has 0 heterocycles. The van der Waals surface area contributed by atoms with Gasteiger partial charge in [-0.25, -0.2) is 8.78 Å². The molecule has 2 aromatic carbocycles. The van der Waals surface area contributed by atoms with Crippen LogP contribution in [-0.4, -0.2) is 22.3 Å². The number of hydrogen-bond acceptors (Lipinski definition) is 4. The molecule has 0 aliphatic rings. The molecular formula is C20H22F2N2O2S2. The molecule has 2 atom stereocenters. The highest BCUT2D eigenvalue weighted by molar-refractivity contribution is 8.77. The number of rotatable bonds is 7. The van der Waals surface area contributed by atoms with Crippen molar-refractivity contribution in [3.05, 3.63) is 59.2 Å². The number of anilines is 2. The van der Waals surface area contributed by atoms with E-state index in [9.17, 15) is 18.4 Å². The number of carbonyl (C=O) groups is 2. The molecule has 0 unspecified atom stereocenters. The second-order valence-electron chi connectivity index (χ2n) is 6.38. The van der Waals surface area contributed by atoms with E-state index in [0.29, 0.717) is 22.5 Å². The lowest BCUT2D eigenvalue weighted by atomic mass is 10.2. The van der Waals surface area contributed by atoms with Crippen LogP contribution in [0.1, 0.15) is 25.0 Å². The fourth-order valence-electron chi connectivity index (χ4n) is 2.08. The summed E-state index contributed by atoms with van der Waals surface area (Å²) in [6.07, 6.45) is 0. The van der Waals surface area contributed by atoms with Gasteiger partial charge in [0.2, 0.25) is 11.8 Å². The molecule has 2 amide bonds. The van der Waals surface area contributed by atoms with Gasteiger partial charge in [0.05, 0.1) is 10.5 Å². The summed E-state index contributed by atoms with van der Waals surface area (Å²) in [5.74, 6) is -1.33. The van der Waals surface area contributed by atoms with Gasteiger partial charge in [0.1, 0.15) is 11.6 Å². The maximum absolute atomic E-state index is 13.6. The normalized spacial score (nSPS) is 12.9. The second kappa shape index (κ2) is 9.93. The minimum absolute atomic E-state index is 0.283. The molecule has 0 aromatic heterocycles. The Kier molecular flexibility index (Phi) is 7.88. The maximum Gasteiger partial charge on any atom is 0.238 e. The number of halogens is 2. The van der Waals surface area contributed by atoms with E-state index in [1.54, 1.807) is 52.0 Å². The lowest BCUT2D eigenvalue weighted by molar-refractivity contribution is -0.116. The lowest BCUT2D eigenvalue weighted by Gasteiger charge is -2.15. The van der Waals surface area contributed by atoms with E-state index in [-0.39, 0.29) is 23.4 Å². The molecule has 0 aliphatic heterocycles. The molecule has 4 nitrogen and oxygen atoms in total. The summed E-state index contributed by atoms with van der Waals surface area (Å²) in [7, 11) is 2.48. The molecule has 2 rings (SSSR count). The van der Waals surface area contributed by atoms with Crippen molar-refractivity contribution >= 4 is 44.8 Å². The van der Waals surface area contributed by atoms with Crippen LogP contribution >= 0.6 is 21.6 Å². The van der Waals surface area contributed by atoms with Crippen LogP contribution in [0.25, 0.3) is 0 Å². The predicted octanol–water partition coefficient (Wildman–Crippen LogP) is 5.32. The van der Waals surface area contributed by atoms with Gasteiger partial charge in [-0.05, 0) is 63.1 Å². The molecule has 0 aliphatic carbocycles. The quantitative estimate of drug-likeness (QED) is 0.591. The average Bonchev–Trinajstić information content (AvgIpc) is 2.65. The van der Waals surface area contributed by atoms with Crippen LogP contribution in [0.15, 0.2) is 36.4 Å². The molecule has 0 spiro atoms. The zero-order valence-electron chi connectivity index (χ0n) is 16.0. The Hall–Kier alpha value is -2.06. The van der Waals surface area contributed by atoms with Crippen LogP contribution in [0.3, 0.4) is 0 Å². The summed E-state index contributed by atoms with van der Waals surface area (Å²) < 4.78 is 27.1. The Labute approximate surface area is 171 Å². The van der Waals surface area contributed by atoms with E-state index in [4.69, 9.17) is 0 Å². The number of carbonyl (C=O) groups excluding carboxylic acids is 2. The maximum atomic E-state index is 13.6. The molecule has 2 aromatic rings. The summed E-state index contributed by atoms with van der Waals surface area (Å²) in [4.78, 5) is 24.5.